The number of aliphatic carboxylic acids is 1. The second-order valence-electron chi connectivity index (χ2n) is 3.27. The summed E-state index contributed by atoms with van der Waals surface area (Å²) in [4.78, 5) is 18.6. The van der Waals surface area contributed by atoms with Gasteiger partial charge in [-0.3, -0.25) is 9.79 Å². The SMILES string of the molecule is CN=C(N)NCCC[C@H](NC)C(=O)O.CNOC. The predicted molar refractivity (Wildman–Crippen MR) is 71.3 cm³/mol. The van der Waals surface area contributed by atoms with Gasteiger partial charge in [0.1, 0.15) is 6.04 Å². The third-order valence-corrected chi connectivity index (χ3v) is 2.07. The molecule has 0 aromatic rings. The minimum absolute atomic E-state index is 0.376. The van der Waals surface area contributed by atoms with Crippen LogP contribution in [0.5, 0.6) is 0 Å². The van der Waals surface area contributed by atoms with Gasteiger partial charge in [0.05, 0.1) is 7.11 Å². The van der Waals surface area contributed by atoms with Gasteiger partial charge in [0.15, 0.2) is 5.96 Å². The van der Waals surface area contributed by atoms with E-state index in [9.17, 15) is 4.79 Å². The van der Waals surface area contributed by atoms with Crippen molar-refractivity contribution in [2.75, 3.05) is 34.8 Å². The van der Waals surface area contributed by atoms with Gasteiger partial charge in [-0.2, -0.15) is 0 Å². The van der Waals surface area contributed by atoms with Gasteiger partial charge in [0.2, 0.25) is 0 Å². The maximum absolute atomic E-state index is 10.6. The Bertz CT molecular complexity index is 234. The van der Waals surface area contributed by atoms with Gasteiger partial charge in [-0.1, -0.05) is 0 Å². The van der Waals surface area contributed by atoms with E-state index in [1.54, 1.807) is 28.3 Å². The number of nitrogens with one attached hydrogen (secondary N) is 3. The molecule has 0 aliphatic rings. The third-order valence-electron chi connectivity index (χ3n) is 2.07. The molecular weight excluding hydrogens is 238 g/mol. The monoisotopic (exact) mass is 263 g/mol. The summed E-state index contributed by atoms with van der Waals surface area (Å²) in [6.45, 7) is 0.634. The number of hydroxylamine groups is 1. The van der Waals surface area contributed by atoms with Crippen LogP contribution in [0.15, 0.2) is 4.99 Å². The largest absolute Gasteiger partial charge is 0.480 e. The summed E-state index contributed by atoms with van der Waals surface area (Å²) < 4.78 is 0. The fourth-order valence-corrected chi connectivity index (χ4v) is 0.993. The molecule has 0 heterocycles. The summed E-state index contributed by atoms with van der Waals surface area (Å²) in [7, 11) is 6.50. The number of nitrogens with two attached hydrogens (primary N) is 1. The molecule has 0 unspecified atom stereocenters. The molecule has 0 amide bonds. The smallest absolute Gasteiger partial charge is 0.320 e. The van der Waals surface area contributed by atoms with Crippen molar-refractivity contribution < 1.29 is 14.7 Å². The van der Waals surface area contributed by atoms with E-state index in [1.165, 1.54) is 0 Å². The van der Waals surface area contributed by atoms with E-state index in [4.69, 9.17) is 10.8 Å². The van der Waals surface area contributed by atoms with Crippen LogP contribution in [0.4, 0.5) is 0 Å². The molecule has 18 heavy (non-hydrogen) atoms. The quantitative estimate of drug-likeness (QED) is 0.168. The number of hydrogen-bond acceptors (Lipinski definition) is 5. The van der Waals surface area contributed by atoms with Crippen LogP contribution < -0.4 is 21.8 Å². The van der Waals surface area contributed by atoms with Crippen LogP contribution in [0, 0.1) is 0 Å². The molecular formula is C10H25N5O3. The summed E-state index contributed by atoms with van der Waals surface area (Å²) in [6, 6.07) is -0.489. The van der Waals surface area contributed by atoms with E-state index in [0.29, 0.717) is 18.9 Å². The van der Waals surface area contributed by atoms with Gasteiger partial charge in [-0.05, 0) is 19.9 Å². The number of carboxylic acid groups (broad SMARTS) is 1. The number of nitrogens with zero attached hydrogens (tertiary/aromatic N) is 1. The Morgan fingerprint density at radius 3 is 2.39 bits per heavy atom. The third kappa shape index (κ3) is 12.7. The van der Waals surface area contributed by atoms with Crippen molar-refractivity contribution in [1.29, 1.82) is 0 Å². The molecule has 8 nitrogen and oxygen atoms in total. The molecule has 0 aliphatic heterocycles. The maximum Gasteiger partial charge on any atom is 0.320 e. The molecule has 0 bridgehead atoms. The summed E-state index contributed by atoms with van der Waals surface area (Å²) >= 11 is 0. The number of carbonyl (C=O) groups is 1. The van der Waals surface area contributed by atoms with E-state index in [-0.39, 0.29) is 0 Å². The van der Waals surface area contributed by atoms with Gasteiger partial charge in [0, 0.05) is 20.6 Å². The van der Waals surface area contributed by atoms with Crippen LogP contribution in [0.25, 0.3) is 0 Å². The van der Waals surface area contributed by atoms with Crippen molar-refractivity contribution in [3.05, 3.63) is 0 Å². The van der Waals surface area contributed by atoms with Crippen LogP contribution in [-0.2, 0) is 9.63 Å². The highest BCUT2D eigenvalue weighted by atomic mass is 16.6. The van der Waals surface area contributed by atoms with E-state index >= 15 is 0 Å². The number of carboxylic acids is 1. The van der Waals surface area contributed by atoms with Crippen molar-refractivity contribution in [1.82, 2.24) is 16.1 Å². The van der Waals surface area contributed by atoms with Gasteiger partial charge in [-0.25, -0.2) is 5.48 Å². The van der Waals surface area contributed by atoms with Crippen LogP contribution in [0.1, 0.15) is 12.8 Å². The summed E-state index contributed by atoms with van der Waals surface area (Å²) in [5.41, 5.74) is 7.82. The Balaban J connectivity index is 0. The first-order valence-electron chi connectivity index (χ1n) is 5.59. The van der Waals surface area contributed by atoms with Gasteiger partial charge in [-0.15, -0.1) is 0 Å². The lowest BCUT2D eigenvalue weighted by Gasteiger charge is -2.10. The van der Waals surface area contributed by atoms with E-state index in [2.05, 4.69) is 25.9 Å². The van der Waals surface area contributed by atoms with Crippen LogP contribution in [-0.4, -0.2) is 57.9 Å². The topological polar surface area (TPSA) is 121 Å². The average molecular weight is 263 g/mol. The van der Waals surface area contributed by atoms with Crippen LogP contribution >= 0.6 is 0 Å². The number of guanidine groups is 1. The molecule has 8 heteroatoms. The van der Waals surface area contributed by atoms with Crippen LogP contribution in [0.3, 0.4) is 0 Å². The lowest BCUT2D eigenvalue weighted by molar-refractivity contribution is -0.139. The Labute approximate surface area is 108 Å². The Morgan fingerprint density at radius 1 is 1.50 bits per heavy atom. The highest BCUT2D eigenvalue weighted by Gasteiger charge is 2.13. The number of rotatable bonds is 7. The molecule has 0 radical (unpaired) electrons. The molecule has 0 fully saturated rings. The Hall–Kier alpha value is -1.38. The lowest BCUT2D eigenvalue weighted by atomic mass is 10.1. The molecule has 0 aromatic heterocycles. The van der Waals surface area contributed by atoms with Crippen molar-refractivity contribution in [2.45, 2.75) is 18.9 Å². The average Bonchev–Trinajstić information content (AvgIpc) is 2.38. The Kier molecular flexibility index (Phi) is 14.4. The highest BCUT2D eigenvalue weighted by molar-refractivity contribution is 5.77. The molecule has 0 saturated heterocycles. The van der Waals surface area contributed by atoms with Crippen LogP contribution in [0.2, 0.25) is 0 Å². The number of aliphatic imine (C=N–C) groups is 1. The first-order chi connectivity index (χ1) is 8.53. The van der Waals surface area contributed by atoms with Crippen molar-refractivity contribution in [3.8, 4) is 0 Å². The van der Waals surface area contributed by atoms with Crippen molar-refractivity contribution >= 4 is 11.9 Å². The zero-order valence-electron chi connectivity index (χ0n) is 11.5. The zero-order valence-corrected chi connectivity index (χ0v) is 11.5. The maximum atomic E-state index is 10.6. The number of hydrogen-bond donors (Lipinski definition) is 5. The second-order valence-corrected chi connectivity index (χ2v) is 3.27. The summed E-state index contributed by atoms with van der Waals surface area (Å²) in [5.74, 6) is -0.453. The predicted octanol–water partition coefficient (Wildman–Crippen LogP) is -1.26. The summed E-state index contributed by atoms with van der Waals surface area (Å²) in [5, 5.41) is 14.3. The first kappa shape index (κ1) is 19.0. The molecule has 108 valence electrons. The molecule has 0 aliphatic carbocycles. The van der Waals surface area contributed by atoms with E-state index in [0.717, 1.165) is 6.42 Å². The zero-order chi connectivity index (χ0) is 14.4. The molecule has 0 spiro atoms. The normalized spacial score (nSPS) is 12.3. The van der Waals surface area contributed by atoms with Crippen molar-refractivity contribution in [2.24, 2.45) is 10.7 Å². The van der Waals surface area contributed by atoms with E-state index in [1.807, 2.05) is 0 Å². The molecule has 1 atom stereocenters. The van der Waals surface area contributed by atoms with E-state index < -0.39 is 12.0 Å². The fourth-order valence-electron chi connectivity index (χ4n) is 0.993. The lowest BCUT2D eigenvalue weighted by Crippen LogP contribution is -2.36. The standard InChI is InChI=1S/C8H18N4O2.C2H7NO/c1-10-6(7(13)14)4-3-5-12-8(9)11-2;1-3-4-2/h6,10H,3-5H2,1-2H3,(H,13,14)(H3,9,11,12);3H,1-2H3/t6-;/m0./s1. The number of likely N-dealkylation sites (N-methyl/N-ethyl adjacent to an activating group) is 1. The second kappa shape index (κ2) is 13.7. The van der Waals surface area contributed by atoms with Gasteiger partial charge < -0.3 is 26.3 Å². The molecule has 0 aromatic carbocycles. The molecule has 6 N–H and O–H groups in total. The minimum Gasteiger partial charge on any atom is -0.480 e. The Morgan fingerprint density at radius 2 is 2.06 bits per heavy atom. The summed E-state index contributed by atoms with van der Waals surface area (Å²) in [6.07, 6.45) is 1.30. The highest BCUT2D eigenvalue weighted by Crippen LogP contribution is 1.95. The van der Waals surface area contributed by atoms with Gasteiger partial charge in [0.25, 0.3) is 0 Å². The van der Waals surface area contributed by atoms with Gasteiger partial charge >= 0.3 is 5.97 Å². The molecule has 0 rings (SSSR count). The first-order valence-corrected chi connectivity index (χ1v) is 5.59. The van der Waals surface area contributed by atoms with Crippen molar-refractivity contribution in [3.63, 3.8) is 0 Å². The molecule has 0 saturated carbocycles. The minimum atomic E-state index is -0.829. The fraction of sp³-hybridized carbons (Fsp3) is 0.800.